The van der Waals surface area contributed by atoms with Crippen LogP contribution in [0.1, 0.15) is 178 Å². The van der Waals surface area contributed by atoms with Crippen molar-refractivity contribution in [2.45, 2.75) is 195 Å². The number of aliphatic hydroxyl groups is 1. The third-order valence-corrected chi connectivity index (χ3v) is 31.0. The van der Waals surface area contributed by atoms with Crippen molar-refractivity contribution in [3.05, 3.63) is 250 Å². The van der Waals surface area contributed by atoms with Gasteiger partial charge in [0.1, 0.15) is 11.3 Å². The van der Waals surface area contributed by atoms with Gasteiger partial charge in [0, 0.05) is 98.7 Å². The third kappa shape index (κ3) is 21.8. The van der Waals surface area contributed by atoms with E-state index in [0.29, 0.717) is 59.5 Å². The first-order chi connectivity index (χ1) is 67.9. The molecule has 9 aromatic rings. The lowest BCUT2D eigenvalue weighted by molar-refractivity contribution is -0.134. The molecule has 6 fully saturated rings. The van der Waals surface area contributed by atoms with Gasteiger partial charge in [-0.15, -0.1) is 0 Å². The molecule has 7 aromatic carbocycles. The van der Waals surface area contributed by atoms with Crippen molar-refractivity contribution >= 4 is 110 Å². The number of rotatable bonds is 26. The second-order valence-corrected chi connectivity index (χ2v) is 41.3. The van der Waals surface area contributed by atoms with Crippen LogP contribution in [0.15, 0.2) is 242 Å². The van der Waals surface area contributed by atoms with E-state index in [4.69, 9.17) is 71.3 Å². The SMILES string of the molecule is CC(CO)N1C(=O)C(c2cccc(-c3cccc(Cl)c3)c2)(C2CC2)N=C1N.CN1C(=O)C(c2cccc(-c3cncc(Br)c3)c2)(C2CCC2)N=C1N.CN1C(=O)[C@@](CCC2CCCCC2)(C[C@H]2CCC[C@H](Nc3cccnc3)C2)N=C1N.COCCN1C(=O)C(c2cccc(-c3cccc(Cl)c3)c2)(C2CC2)N=C1N.COc1cccc(-c2cccc(C3(C)N=C(N)N(CC4CCN(C(C)=O)CC4)C3=O)c2)c1. The quantitative estimate of drug-likeness (QED) is 0.0265. The number of benzene rings is 7. The number of pyridine rings is 2. The van der Waals surface area contributed by atoms with Crippen molar-refractivity contribution in [1.29, 1.82) is 0 Å². The van der Waals surface area contributed by atoms with Gasteiger partial charge in [0.15, 0.2) is 52.0 Å². The predicted octanol–water partition coefficient (Wildman–Crippen LogP) is 17.2. The van der Waals surface area contributed by atoms with Crippen LogP contribution in [-0.4, -0.2) is 195 Å². The predicted molar refractivity (Wildman–Crippen MR) is 559 cm³/mol. The van der Waals surface area contributed by atoms with Crippen LogP contribution in [0.4, 0.5) is 5.69 Å². The first-order valence-corrected chi connectivity index (χ1v) is 51.0. The molecule has 8 atom stereocenters. The van der Waals surface area contributed by atoms with Gasteiger partial charge in [0.25, 0.3) is 29.5 Å². The molecule has 1 saturated heterocycles. The Morgan fingerprint density at radius 2 is 1.00 bits per heavy atom. The molecule has 6 aliphatic heterocycles. The Balaban J connectivity index is 0.000000127. The van der Waals surface area contributed by atoms with Crippen LogP contribution in [0.3, 0.4) is 0 Å². The average molecular weight is 2010 g/mol. The van der Waals surface area contributed by atoms with Gasteiger partial charge in [-0.25, -0.2) is 25.0 Å². The summed E-state index contributed by atoms with van der Waals surface area (Å²) in [6, 6.07) is 61.0. The Hall–Kier alpha value is -12.4. The third-order valence-electron chi connectivity index (χ3n) is 30.1. The fourth-order valence-corrected chi connectivity index (χ4v) is 22.5. The molecule has 740 valence electrons. The number of likely N-dealkylation sites (tertiary alicyclic amines) is 1. The van der Waals surface area contributed by atoms with E-state index in [1.54, 1.807) is 69.3 Å². The topological polar surface area (TPSA) is 390 Å². The number of nitrogens with two attached hydrogens (primary N) is 5. The maximum atomic E-state index is 13.5. The number of anilines is 1. The molecule has 141 heavy (non-hydrogen) atoms. The number of guanidine groups is 5. The number of amides is 6. The summed E-state index contributed by atoms with van der Waals surface area (Å²) < 4.78 is 11.4. The van der Waals surface area contributed by atoms with Gasteiger partial charge in [0.2, 0.25) is 5.91 Å². The molecule has 28 nitrogen and oxygen atoms in total. The lowest BCUT2D eigenvalue weighted by Crippen LogP contribution is -2.49. The molecule has 20 rings (SSSR count). The van der Waals surface area contributed by atoms with Gasteiger partial charge < -0.3 is 53.5 Å². The highest BCUT2D eigenvalue weighted by Gasteiger charge is 2.61. The Kier molecular flexibility index (Phi) is 31.7. The number of aromatic nitrogens is 2. The van der Waals surface area contributed by atoms with Gasteiger partial charge in [0.05, 0.1) is 38.6 Å². The first kappa shape index (κ1) is 102. The monoisotopic (exact) mass is 2010 g/mol. The van der Waals surface area contributed by atoms with Crippen LogP contribution in [0, 0.1) is 35.5 Å². The molecule has 8 heterocycles. The summed E-state index contributed by atoms with van der Waals surface area (Å²) in [5.74, 6) is 4.13. The van der Waals surface area contributed by atoms with E-state index < -0.39 is 33.7 Å². The summed E-state index contributed by atoms with van der Waals surface area (Å²) in [7, 11) is 6.72. The highest BCUT2D eigenvalue weighted by molar-refractivity contribution is 9.10. The molecule has 5 saturated carbocycles. The Morgan fingerprint density at radius 3 is 1.52 bits per heavy atom. The van der Waals surface area contributed by atoms with E-state index in [1.807, 2.05) is 200 Å². The number of piperidine rings is 1. The molecular formula is C110H130BrCl2N19O9. The van der Waals surface area contributed by atoms with Crippen molar-refractivity contribution < 1.29 is 43.3 Å². The van der Waals surface area contributed by atoms with E-state index in [0.717, 1.165) is 185 Å². The van der Waals surface area contributed by atoms with Crippen molar-refractivity contribution in [1.82, 2.24) is 39.4 Å². The highest BCUT2D eigenvalue weighted by atomic mass is 79.9. The first-order valence-electron chi connectivity index (χ1n) is 49.4. The van der Waals surface area contributed by atoms with Crippen LogP contribution in [-0.2, 0) is 55.7 Å². The maximum absolute atomic E-state index is 13.5. The van der Waals surface area contributed by atoms with Gasteiger partial charge >= 0.3 is 0 Å². The summed E-state index contributed by atoms with van der Waals surface area (Å²) in [5, 5.41) is 14.5. The Bertz CT molecular complexity index is 6240. The molecular weight excluding hydrogens is 1880 g/mol. The van der Waals surface area contributed by atoms with Crippen LogP contribution >= 0.6 is 39.1 Å². The van der Waals surface area contributed by atoms with E-state index in [2.05, 4.69) is 58.3 Å². The van der Waals surface area contributed by atoms with Crippen molar-refractivity contribution in [2.24, 2.45) is 89.1 Å². The van der Waals surface area contributed by atoms with Crippen molar-refractivity contribution in [3.63, 3.8) is 0 Å². The van der Waals surface area contributed by atoms with E-state index >= 15 is 0 Å². The fraction of sp³-hybridized carbons (Fsp3) is 0.427. The summed E-state index contributed by atoms with van der Waals surface area (Å²) >= 11 is 15.7. The Morgan fingerprint density at radius 1 is 0.496 bits per heavy atom. The lowest BCUT2D eigenvalue weighted by atomic mass is 9.67. The number of nitrogens with zero attached hydrogens (tertiary/aromatic N) is 13. The molecule has 0 radical (unpaired) electrons. The molecule has 5 aliphatic carbocycles. The van der Waals surface area contributed by atoms with Gasteiger partial charge in [-0.1, -0.05) is 184 Å². The number of carbonyl (C=O) groups is 6. The van der Waals surface area contributed by atoms with Crippen LogP contribution in [0.25, 0.3) is 44.5 Å². The second kappa shape index (κ2) is 44.0. The van der Waals surface area contributed by atoms with Crippen LogP contribution in [0.2, 0.25) is 10.0 Å². The largest absolute Gasteiger partial charge is 0.497 e. The number of nitrogens with one attached hydrogen (secondary N) is 1. The smallest absolute Gasteiger partial charge is 0.262 e. The summed E-state index contributed by atoms with van der Waals surface area (Å²) in [5.41, 5.74) is 38.6. The summed E-state index contributed by atoms with van der Waals surface area (Å²) in [4.78, 5) is 120. The number of carbonyl (C=O) groups excluding carboxylic acids is 6. The number of aliphatic imine (C=N–C) groups is 5. The highest BCUT2D eigenvalue weighted by Crippen LogP contribution is 2.55. The molecule has 6 amide bonds. The number of methoxy groups -OCH3 is 2. The van der Waals surface area contributed by atoms with E-state index in [1.165, 1.54) is 61.2 Å². The number of hydrogen-bond acceptors (Lipinski definition) is 22. The molecule has 5 unspecified atom stereocenters. The minimum absolute atomic E-state index is 0.0285. The lowest BCUT2D eigenvalue weighted by Gasteiger charge is -2.39. The molecule has 2 aromatic heterocycles. The normalized spacial score (nSPS) is 24.3. The van der Waals surface area contributed by atoms with Gasteiger partial charge in [-0.3, -0.25) is 63.2 Å². The number of aliphatic hydroxyl groups excluding tert-OH is 1. The zero-order valence-corrected chi connectivity index (χ0v) is 84.6. The van der Waals surface area contributed by atoms with Crippen LogP contribution in [0.5, 0.6) is 5.75 Å². The van der Waals surface area contributed by atoms with Gasteiger partial charge in [-0.05, 0) is 289 Å². The average Bonchev–Trinajstić information content (AvgIpc) is 1.56. The standard InChI is InChI=1S/C25H30N4O3.C24H37N5O.2C21H22ClN3O2.C19H19BrN4O/c1-17(30)28-12-10-18(11-13-28)16-29-23(31)25(2,27-24(29)26)21-8-4-6-19(14-21)20-7-5-9-22(15-20)32-3;1-29-22(30)24(28-23(29)25,13-12-18-7-3-2-4-8-18)16-19-9-5-10-20(15-19)27-21-11-6-14-26-17-21;1-13(12-26)25-19(27)21(16-8-9-16,24-20(25)23)17-6-2-4-14(10-17)15-5-3-7-18(22)11-15;1-27-11-10-25-19(26)21(16-8-9-16,24-20(25)23)17-6-2-4-14(12-17)15-5-3-7-18(22)13-15;1-24-17(25)19(23-18(24)21,14-5-3-6-14)15-7-2-4-12(8-15)13-9-16(20)11-22-10-13/h4-9,14-15,18H,10-13,16H2,1-3H3,(H2,26,27);6,11,14,17-20,27H,2-5,7-10,12-13,15-16H2,1H3,(H2,25,28);2-7,10-11,13,16,26H,8-9,12H2,1H3,(H2,23,24);2-7,12-13,16H,8-11H2,1H3,(H2,23,24);2,4,7-11,14H,3,5-6H2,1H3,(H2,21,23)/t;19-,20-,24+;;;/m.0.../s1. The number of halogens is 3. The molecule has 0 spiro atoms. The number of likely N-dealkylation sites (N-methyl/N-ethyl adjacent to an activating group) is 2. The number of hydrogen-bond donors (Lipinski definition) is 7. The second-order valence-electron chi connectivity index (χ2n) is 39.5. The van der Waals surface area contributed by atoms with Crippen LogP contribution < -0.4 is 38.7 Å². The van der Waals surface area contributed by atoms with Gasteiger partial charge in [-0.2, -0.15) is 0 Å². The number of ether oxygens (including phenoxy) is 2. The summed E-state index contributed by atoms with van der Waals surface area (Å²) in [6.45, 7) is 7.84. The minimum atomic E-state index is -1.06. The fourth-order valence-electron chi connectivity index (χ4n) is 21.8. The maximum Gasteiger partial charge on any atom is 0.262 e. The molecule has 31 heteroatoms. The molecule has 0 bridgehead atoms. The van der Waals surface area contributed by atoms with Crippen molar-refractivity contribution in [2.75, 3.05) is 73.0 Å². The Labute approximate surface area is 844 Å². The van der Waals surface area contributed by atoms with E-state index in [-0.39, 0.29) is 77.7 Å². The van der Waals surface area contributed by atoms with E-state index in [9.17, 15) is 33.9 Å². The zero-order chi connectivity index (χ0) is 99.7. The van der Waals surface area contributed by atoms with Crippen molar-refractivity contribution in [3.8, 4) is 50.3 Å². The molecule has 11 aliphatic rings. The molecule has 12 N–H and O–H groups in total. The zero-order valence-electron chi connectivity index (χ0n) is 81.5. The summed E-state index contributed by atoms with van der Waals surface area (Å²) in [6.07, 6.45) is 29.9. The minimum Gasteiger partial charge on any atom is -0.497 e.